The highest BCUT2D eigenvalue weighted by atomic mass is 79.9. The van der Waals surface area contributed by atoms with Crippen molar-refractivity contribution in [3.8, 4) is 0 Å². The monoisotopic (exact) mass is 284 g/mol. The largest absolute Gasteiger partial charge is 0.443 e. The van der Waals surface area contributed by atoms with E-state index in [0.29, 0.717) is 13.1 Å². The van der Waals surface area contributed by atoms with Crippen LogP contribution in [-0.2, 0) is 4.74 Å². The Morgan fingerprint density at radius 3 is 2.94 bits per heavy atom. The first-order valence-electron chi connectivity index (χ1n) is 5.06. The van der Waals surface area contributed by atoms with E-state index in [4.69, 9.17) is 10.5 Å². The topological polar surface area (TPSA) is 55.6 Å². The molecule has 4 nitrogen and oxygen atoms in total. The van der Waals surface area contributed by atoms with Crippen LogP contribution in [0, 0.1) is 6.92 Å². The number of carbonyl (C=O) groups is 1. The van der Waals surface area contributed by atoms with Gasteiger partial charge in [-0.15, -0.1) is 0 Å². The van der Waals surface area contributed by atoms with E-state index >= 15 is 0 Å². The molecule has 0 aliphatic carbocycles. The molecular weight excluding hydrogens is 272 g/mol. The van der Waals surface area contributed by atoms with Gasteiger partial charge in [0.05, 0.1) is 12.2 Å². The van der Waals surface area contributed by atoms with Crippen LogP contribution in [0.4, 0.5) is 10.5 Å². The van der Waals surface area contributed by atoms with Crippen molar-refractivity contribution in [3.63, 3.8) is 0 Å². The van der Waals surface area contributed by atoms with Crippen LogP contribution in [-0.4, -0.2) is 25.3 Å². The van der Waals surface area contributed by atoms with Crippen molar-refractivity contribution in [2.24, 2.45) is 5.73 Å². The van der Waals surface area contributed by atoms with E-state index in [1.807, 2.05) is 25.1 Å². The van der Waals surface area contributed by atoms with Crippen LogP contribution >= 0.6 is 15.9 Å². The smallest absolute Gasteiger partial charge is 0.414 e. The molecule has 0 bridgehead atoms. The van der Waals surface area contributed by atoms with Crippen molar-refractivity contribution in [2.75, 3.05) is 18.0 Å². The molecule has 1 aromatic rings. The number of halogens is 1. The minimum Gasteiger partial charge on any atom is -0.443 e. The molecule has 2 N–H and O–H groups in total. The maximum Gasteiger partial charge on any atom is 0.414 e. The molecule has 1 aliphatic rings. The van der Waals surface area contributed by atoms with Crippen molar-refractivity contribution >= 4 is 27.7 Å². The molecule has 1 fully saturated rings. The highest BCUT2D eigenvalue weighted by Crippen LogP contribution is 2.30. The number of ether oxygens (including phenoxy) is 1. The predicted octanol–water partition coefficient (Wildman–Crippen LogP) is 2.04. The molecule has 1 amide bonds. The van der Waals surface area contributed by atoms with Gasteiger partial charge in [0.2, 0.25) is 0 Å². The van der Waals surface area contributed by atoms with Gasteiger partial charge in [0.25, 0.3) is 0 Å². The second-order valence-corrected chi connectivity index (χ2v) is 4.66. The molecule has 1 atom stereocenters. The number of benzene rings is 1. The van der Waals surface area contributed by atoms with Crippen LogP contribution in [0.3, 0.4) is 0 Å². The minimum atomic E-state index is -0.333. The molecular formula is C11H13BrN2O2. The lowest BCUT2D eigenvalue weighted by Gasteiger charge is -2.15. The summed E-state index contributed by atoms with van der Waals surface area (Å²) in [4.78, 5) is 13.2. The molecule has 1 aromatic carbocycles. The van der Waals surface area contributed by atoms with E-state index in [1.54, 1.807) is 4.90 Å². The average molecular weight is 285 g/mol. The molecule has 0 saturated carbocycles. The van der Waals surface area contributed by atoms with Crippen molar-refractivity contribution in [2.45, 2.75) is 13.0 Å². The predicted molar refractivity (Wildman–Crippen MR) is 65.5 cm³/mol. The summed E-state index contributed by atoms with van der Waals surface area (Å²) in [5.74, 6) is 0. The Bertz CT molecular complexity index is 422. The Kier molecular flexibility index (Phi) is 3.16. The van der Waals surface area contributed by atoms with Gasteiger partial charge in [0, 0.05) is 11.0 Å². The standard InChI is InChI=1S/C11H13BrN2O2/c1-7-2-3-10(9(12)4-7)14-6-8(5-13)16-11(14)15/h2-4,8H,5-6,13H2,1H3. The molecule has 16 heavy (non-hydrogen) atoms. The zero-order valence-corrected chi connectivity index (χ0v) is 10.5. The van der Waals surface area contributed by atoms with E-state index < -0.39 is 0 Å². The maximum atomic E-state index is 11.6. The Hall–Kier alpha value is -1.07. The lowest BCUT2D eigenvalue weighted by atomic mass is 10.2. The quantitative estimate of drug-likeness (QED) is 0.904. The Balaban J connectivity index is 2.28. The minimum absolute atomic E-state index is 0.208. The fourth-order valence-corrected chi connectivity index (χ4v) is 2.38. The highest BCUT2D eigenvalue weighted by molar-refractivity contribution is 9.10. The van der Waals surface area contributed by atoms with Crippen LogP contribution in [0.2, 0.25) is 0 Å². The number of aryl methyl sites for hydroxylation is 1. The summed E-state index contributed by atoms with van der Waals surface area (Å²) in [6.45, 7) is 2.86. The molecule has 0 aromatic heterocycles. The Labute approximate surface area is 102 Å². The molecule has 2 rings (SSSR count). The van der Waals surface area contributed by atoms with Crippen LogP contribution in [0.15, 0.2) is 22.7 Å². The van der Waals surface area contributed by atoms with E-state index in [0.717, 1.165) is 15.7 Å². The first-order valence-corrected chi connectivity index (χ1v) is 5.85. The maximum absolute atomic E-state index is 11.6. The van der Waals surface area contributed by atoms with Gasteiger partial charge in [-0.25, -0.2) is 4.79 Å². The van der Waals surface area contributed by atoms with E-state index in [9.17, 15) is 4.79 Å². The zero-order valence-electron chi connectivity index (χ0n) is 8.94. The van der Waals surface area contributed by atoms with Crippen LogP contribution in [0.25, 0.3) is 0 Å². The number of carbonyl (C=O) groups excluding carboxylic acids is 1. The SMILES string of the molecule is Cc1ccc(N2CC(CN)OC2=O)c(Br)c1. The van der Waals surface area contributed by atoms with Gasteiger partial charge < -0.3 is 10.5 Å². The number of rotatable bonds is 2. The summed E-state index contributed by atoms with van der Waals surface area (Å²) in [7, 11) is 0. The summed E-state index contributed by atoms with van der Waals surface area (Å²) in [5, 5.41) is 0. The summed E-state index contributed by atoms with van der Waals surface area (Å²) in [6.07, 6.45) is -0.541. The molecule has 5 heteroatoms. The molecule has 1 heterocycles. The van der Waals surface area contributed by atoms with Gasteiger partial charge in [-0.3, -0.25) is 4.90 Å². The third-order valence-corrected chi connectivity index (χ3v) is 3.17. The highest BCUT2D eigenvalue weighted by Gasteiger charge is 2.32. The first-order chi connectivity index (χ1) is 7.61. The molecule has 1 unspecified atom stereocenters. The number of nitrogens with zero attached hydrogens (tertiary/aromatic N) is 1. The fraction of sp³-hybridized carbons (Fsp3) is 0.364. The van der Waals surface area contributed by atoms with Crippen molar-refractivity contribution in [1.29, 1.82) is 0 Å². The van der Waals surface area contributed by atoms with Gasteiger partial charge in [0.15, 0.2) is 0 Å². The van der Waals surface area contributed by atoms with E-state index in [1.165, 1.54) is 0 Å². The van der Waals surface area contributed by atoms with Gasteiger partial charge in [-0.2, -0.15) is 0 Å². The molecule has 1 aliphatic heterocycles. The van der Waals surface area contributed by atoms with Crippen LogP contribution in [0.1, 0.15) is 5.56 Å². The van der Waals surface area contributed by atoms with Crippen LogP contribution in [0.5, 0.6) is 0 Å². The number of nitrogens with two attached hydrogens (primary N) is 1. The average Bonchev–Trinajstić information content (AvgIpc) is 2.60. The summed E-state index contributed by atoms with van der Waals surface area (Å²) < 4.78 is 5.99. The fourth-order valence-electron chi connectivity index (χ4n) is 1.67. The lowest BCUT2D eigenvalue weighted by molar-refractivity contribution is 0.145. The summed E-state index contributed by atoms with van der Waals surface area (Å²) in [6, 6.07) is 5.83. The van der Waals surface area contributed by atoms with E-state index in [-0.39, 0.29) is 12.2 Å². The van der Waals surface area contributed by atoms with Crippen molar-refractivity contribution in [1.82, 2.24) is 0 Å². The second kappa shape index (κ2) is 4.43. The van der Waals surface area contributed by atoms with Crippen molar-refractivity contribution < 1.29 is 9.53 Å². The lowest BCUT2D eigenvalue weighted by Crippen LogP contribution is -2.27. The molecule has 0 radical (unpaired) electrons. The summed E-state index contributed by atoms with van der Waals surface area (Å²) in [5.41, 5.74) is 7.45. The molecule has 1 saturated heterocycles. The normalized spacial score (nSPS) is 20.1. The molecule has 0 spiro atoms. The first kappa shape index (κ1) is 11.4. The third-order valence-electron chi connectivity index (χ3n) is 2.53. The summed E-state index contributed by atoms with van der Waals surface area (Å²) >= 11 is 3.45. The second-order valence-electron chi connectivity index (χ2n) is 3.81. The third kappa shape index (κ3) is 2.05. The zero-order chi connectivity index (χ0) is 11.7. The van der Waals surface area contributed by atoms with E-state index in [2.05, 4.69) is 15.9 Å². The van der Waals surface area contributed by atoms with Gasteiger partial charge in [-0.1, -0.05) is 6.07 Å². The number of anilines is 1. The van der Waals surface area contributed by atoms with Gasteiger partial charge >= 0.3 is 6.09 Å². The van der Waals surface area contributed by atoms with Gasteiger partial charge in [-0.05, 0) is 40.5 Å². The number of hydrogen-bond donors (Lipinski definition) is 1. The van der Waals surface area contributed by atoms with Gasteiger partial charge in [0.1, 0.15) is 6.10 Å². The Morgan fingerprint density at radius 2 is 2.38 bits per heavy atom. The number of hydrogen-bond acceptors (Lipinski definition) is 3. The number of cyclic esters (lactones) is 1. The molecule has 86 valence electrons. The Morgan fingerprint density at radius 1 is 1.62 bits per heavy atom. The number of amides is 1. The van der Waals surface area contributed by atoms with Crippen LogP contribution < -0.4 is 10.6 Å². The van der Waals surface area contributed by atoms with Crippen molar-refractivity contribution in [3.05, 3.63) is 28.2 Å².